The van der Waals surface area contributed by atoms with Crippen molar-refractivity contribution in [3.05, 3.63) is 167 Å². The summed E-state index contributed by atoms with van der Waals surface area (Å²) >= 11 is 0. The summed E-state index contributed by atoms with van der Waals surface area (Å²) < 4.78 is 76.5. The van der Waals surface area contributed by atoms with Crippen LogP contribution in [0.5, 0.6) is 0 Å². The molecule has 0 N–H and O–H groups in total. The molecule has 3 heterocycles. The Labute approximate surface area is 412 Å². The molecule has 6 aromatic carbocycles. The Bertz CT molecular complexity index is 3460. The Hall–Kier alpha value is -5.41. The molecule has 4 heteroatoms. The standard InChI is InChI=1S/C46H48NO.C15H16N.Ir/c1-26(2)33-21-39(27(3)4)42(40(22-33)28(5)6)32-17-18-35-31(20-32)15-14-30-16-19-37-36-12-11-13-38(44(36)48-45(37)43(30)35)41-23-34(24-46(8,9)10)29(7)25-47-41;1-15(2,3)13-9-10-14(16-11-13)12-7-5-4-6-8-12;/h11-12,14-23,25-28H,24H2,1-10H3;4-7,9-11H,1-3H3;/q2*-1;/i7D3,24D2,26D,27D,28D;;. The van der Waals surface area contributed by atoms with Crippen LogP contribution in [0.4, 0.5) is 0 Å². The van der Waals surface area contributed by atoms with Gasteiger partial charge < -0.3 is 14.4 Å². The van der Waals surface area contributed by atoms with Gasteiger partial charge >= 0.3 is 0 Å². The van der Waals surface area contributed by atoms with E-state index in [9.17, 15) is 2.74 Å². The number of hydrogen-bond acceptors (Lipinski definition) is 3. The SMILES string of the molecule is CC(C)(C)c1ccc(-c2[c-]cccc2)nc1.[2H]C([2H])([2H])c1cnc(-c2[c-]ccc3c2oc2c3ccc3ccc4cc(-c5c(C([2H])(C)C)cc(C([2H])(C)C)cc5C([2H])(C)C)ccc4c32)cc1C([2H])([2H])C(C)(C)C.[Ir]. The summed E-state index contributed by atoms with van der Waals surface area (Å²) in [6.45, 7) is 20.3. The molecule has 0 saturated heterocycles. The van der Waals surface area contributed by atoms with Crippen molar-refractivity contribution in [1.29, 1.82) is 0 Å². The van der Waals surface area contributed by atoms with Crippen molar-refractivity contribution in [2.45, 2.75) is 119 Å². The van der Waals surface area contributed by atoms with Crippen LogP contribution in [0.1, 0.15) is 145 Å². The molecule has 65 heavy (non-hydrogen) atoms. The second-order valence-electron chi connectivity index (χ2n) is 19.6. The van der Waals surface area contributed by atoms with Crippen molar-refractivity contribution in [2.75, 3.05) is 0 Å². The van der Waals surface area contributed by atoms with Crippen LogP contribution in [0.25, 0.3) is 77.1 Å². The Morgan fingerprint density at radius 2 is 1.34 bits per heavy atom. The minimum Gasteiger partial charge on any atom is -0.500 e. The van der Waals surface area contributed by atoms with Gasteiger partial charge in [-0.1, -0.05) is 166 Å². The Morgan fingerprint density at radius 1 is 0.662 bits per heavy atom. The predicted molar refractivity (Wildman–Crippen MR) is 274 cm³/mol. The quantitative estimate of drug-likeness (QED) is 0.118. The van der Waals surface area contributed by atoms with Gasteiger partial charge in [0, 0.05) is 54.2 Å². The molecule has 3 nitrogen and oxygen atoms in total. The average Bonchev–Trinajstić information content (AvgIpc) is 3.68. The van der Waals surface area contributed by atoms with Gasteiger partial charge in [0.25, 0.3) is 0 Å². The molecular weight excluding hydrogens is 969 g/mol. The molecule has 0 saturated carbocycles. The molecular formula is C61H64IrN2O-2. The average molecular weight is 1040 g/mol. The van der Waals surface area contributed by atoms with E-state index in [4.69, 9.17) is 12.6 Å². The summed E-state index contributed by atoms with van der Waals surface area (Å²) in [6.07, 6.45) is 1.23. The van der Waals surface area contributed by atoms with E-state index in [1.165, 1.54) is 17.8 Å². The van der Waals surface area contributed by atoms with Crippen molar-refractivity contribution in [2.24, 2.45) is 5.41 Å². The Morgan fingerprint density at radius 3 is 1.95 bits per heavy atom. The topological polar surface area (TPSA) is 38.9 Å². The summed E-state index contributed by atoms with van der Waals surface area (Å²) in [5, 5.41) is 5.52. The molecule has 9 rings (SSSR count). The second kappa shape index (κ2) is 18.8. The van der Waals surface area contributed by atoms with Crippen LogP contribution < -0.4 is 0 Å². The van der Waals surface area contributed by atoms with Gasteiger partial charge in [0.1, 0.15) is 5.58 Å². The van der Waals surface area contributed by atoms with Gasteiger partial charge in [-0.2, -0.15) is 0 Å². The first kappa shape index (κ1) is 37.8. The largest absolute Gasteiger partial charge is 0.500 e. The molecule has 0 bridgehead atoms. The first-order valence-corrected chi connectivity index (χ1v) is 22.1. The van der Waals surface area contributed by atoms with E-state index < -0.39 is 36.3 Å². The molecule has 0 unspecified atom stereocenters. The fraction of sp³-hybridized carbons (Fsp3) is 0.311. The predicted octanol–water partition coefficient (Wildman–Crippen LogP) is 17.5. The van der Waals surface area contributed by atoms with Crippen LogP contribution in [0.2, 0.25) is 0 Å². The van der Waals surface area contributed by atoms with E-state index in [2.05, 4.69) is 91.4 Å². The minimum atomic E-state index is -2.56. The zero-order chi connectivity index (χ0) is 52.7. The van der Waals surface area contributed by atoms with Crippen LogP contribution in [0.15, 0.2) is 126 Å². The number of hydrogen-bond donors (Lipinski definition) is 0. The van der Waals surface area contributed by atoms with Crippen molar-refractivity contribution >= 4 is 43.5 Å². The van der Waals surface area contributed by atoms with Crippen LogP contribution in [0.3, 0.4) is 0 Å². The fourth-order valence-electron chi connectivity index (χ4n) is 8.37. The second-order valence-corrected chi connectivity index (χ2v) is 19.6. The molecule has 1 radical (unpaired) electrons. The van der Waals surface area contributed by atoms with Crippen LogP contribution in [-0.2, 0) is 31.9 Å². The number of nitrogens with zero attached hydrogens (tertiary/aromatic N) is 2. The van der Waals surface area contributed by atoms with Crippen LogP contribution in [0, 0.1) is 24.4 Å². The minimum absolute atomic E-state index is 0. The Kier molecular flexibility index (Phi) is 10.9. The van der Waals surface area contributed by atoms with Crippen molar-refractivity contribution in [3.8, 4) is 33.6 Å². The number of benzene rings is 6. The number of furan rings is 1. The smallest absolute Gasteiger partial charge is 0.129 e. The monoisotopic (exact) mass is 1040 g/mol. The maximum atomic E-state index is 9.18. The molecule has 0 atom stereocenters. The third-order valence-corrected chi connectivity index (χ3v) is 11.8. The van der Waals surface area contributed by atoms with Crippen LogP contribution in [-0.4, -0.2) is 9.97 Å². The summed E-state index contributed by atoms with van der Waals surface area (Å²) in [5.74, 6) is -2.90. The van der Waals surface area contributed by atoms with E-state index in [0.29, 0.717) is 22.4 Å². The van der Waals surface area contributed by atoms with E-state index in [1.54, 1.807) is 26.8 Å². The van der Waals surface area contributed by atoms with Gasteiger partial charge in [0.2, 0.25) is 0 Å². The van der Waals surface area contributed by atoms with Crippen molar-refractivity contribution in [3.63, 3.8) is 0 Å². The van der Waals surface area contributed by atoms with Gasteiger partial charge in [-0.3, -0.25) is 0 Å². The molecule has 0 fully saturated rings. The molecule has 0 amide bonds. The molecule has 335 valence electrons. The zero-order valence-electron chi connectivity index (χ0n) is 47.7. The normalized spacial score (nSPS) is 14.8. The van der Waals surface area contributed by atoms with E-state index in [1.807, 2.05) is 96.3 Å². The summed E-state index contributed by atoms with van der Waals surface area (Å²) in [6, 6.07) is 42.2. The molecule has 0 aliphatic heterocycles. The fourth-order valence-corrected chi connectivity index (χ4v) is 8.37. The number of fused-ring (bicyclic) bond motifs is 7. The first-order valence-electron chi connectivity index (χ1n) is 26.1. The molecule has 0 aliphatic carbocycles. The van der Waals surface area contributed by atoms with E-state index in [-0.39, 0.29) is 36.6 Å². The van der Waals surface area contributed by atoms with Gasteiger partial charge in [0.05, 0.1) is 5.58 Å². The summed E-state index contributed by atoms with van der Waals surface area (Å²) in [4.78, 5) is 9.04. The molecule has 0 spiro atoms. The molecule has 9 aromatic rings. The van der Waals surface area contributed by atoms with E-state index >= 15 is 0 Å². The maximum absolute atomic E-state index is 9.18. The van der Waals surface area contributed by atoms with Gasteiger partial charge in [-0.25, -0.2) is 0 Å². The first-order chi connectivity index (χ1) is 33.3. The van der Waals surface area contributed by atoms with Gasteiger partial charge in [-0.15, -0.1) is 54.1 Å². The number of aryl methyl sites for hydroxylation is 1. The van der Waals surface area contributed by atoms with E-state index in [0.717, 1.165) is 71.4 Å². The van der Waals surface area contributed by atoms with Crippen LogP contribution >= 0.6 is 0 Å². The van der Waals surface area contributed by atoms with Gasteiger partial charge in [-0.05, 0) is 114 Å². The third kappa shape index (κ3) is 9.91. The van der Waals surface area contributed by atoms with Gasteiger partial charge in [0.15, 0.2) is 0 Å². The molecule has 0 aliphatic rings. The zero-order valence-corrected chi connectivity index (χ0v) is 42.1. The number of rotatable bonds is 7. The number of pyridine rings is 2. The van der Waals surface area contributed by atoms with Crippen molar-refractivity contribution in [1.82, 2.24) is 9.97 Å². The summed E-state index contributed by atoms with van der Waals surface area (Å²) in [7, 11) is 0. The maximum Gasteiger partial charge on any atom is 0.129 e. The molecule has 3 aromatic heterocycles. The Balaban J connectivity index is 0.000000390. The third-order valence-electron chi connectivity index (χ3n) is 11.8. The van der Waals surface area contributed by atoms with Crippen molar-refractivity contribution < 1.29 is 35.5 Å². The number of aromatic nitrogens is 2. The summed E-state index contributed by atoms with van der Waals surface area (Å²) in [5.41, 5.74) is 8.59.